The fraction of sp³-hybridized carbons (Fsp3) is 0.214. The van der Waals surface area contributed by atoms with Crippen molar-refractivity contribution in [2.75, 3.05) is 10.6 Å². The van der Waals surface area contributed by atoms with Crippen molar-refractivity contribution in [1.29, 1.82) is 0 Å². The standard InChI is InChI=1S/C14H15IN8O2/c1-7-9(5-17-22(7)2)19-14(25)12-10(6-18-23(12)3)20-13(24)11-8(15)4-16-21-11/h4-6H,1-3H3,(H,16,21)(H,19,25)(H,20,24). The summed E-state index contributed by atoms with van der Waals surface area (Å²) in [6.45, 7) is 1.84. The average Bonchev–Trinajstić information content (AvgIpc) is 3.23. The molecule has 130 valence electrons. The highest BCUT2D eigenvalue weighted by atomic mass is 127. The molecule has 25 heavy (non-hydrogen) atoms. The van der Waals surface area contributed by atoms with Gasteiger partial charge < -0.3 is 10.6 Å². The lowest BCUT2D eigenvalue weighted by molar-refractivity contribution is 0.101. The van der Waals surface area contributed by atoms with Gasteiger partial charge >= 0.3 is 0 Å². The molecular weight excluding hydrogens is 439 g/mol. The molecule has 0 saturated heterocycles. The maximum absolute atomic E-state index is 12.6. The van der Waals surface area contributed by atoms with Crippen LogP contribution in [0, 0.1) is 10.5 Å². The summed E-state index contributed by atoms with van der Waals surface area (Å²) in [6, 6.07) is 0. The molecule has 0 aliphatic heterocycles. The number of hydrogen-bond donors (Lipinski definition) is 3. The number of aromatic amines is 1. The number of halogens is 1. The maximum atomic E-state index is 12.6. The molecule has 0 bridgehead atoms. The van der Waals surface area contributed by atoms with E-state index < -0.39 is 11.8 Å². The third kappa shape index (κ3) is 3.26. The second-order valence-corrected chi connectivity index (χ2v) is 6.46. The number of carbonyl (C=O) groups is 2. The minimum Gasteiger partial charge on any atom is -0.318 e. The Morgan fingerprint density at radius 3 is 2.28 bits per heavy atom. The Labute approximate surface area is 156 Å². The molecule has 0 atom stereocenters. The maximum Gasteiger partial charge on any atom is 0.276 e. The van der Waals surface area contributed by atoms with E-state index in [1.165, 1.54) is 17.1 Å². The number of anilines is 2. The predicted octanol–water partition coefficient (Wildman–Crippen LogP) is 1.29. The minimum absolute atomic E-state index is 0.228. The van der Waals surface area contributed by atoms with Crippen LogP contribution in [0.15, 0.2) is 18.6 Å². The SMILES string of the molecule is Cc1c(NC(=O)c2c(NC(=O)c3[nH]ncc3I)cnn2C)cnn1C. The summed E-state index contributed by atoms with van der Waals surface area (Å²) in [5, 5.41) is 20.0. The van der Waals surface area contributed by atoms with E-state index in [1.807, 2.05) is 29.5 Å². The van der Waals surface area contributed by atoms with Gasteiger partial charge in [0.1, 0.15) is 11.4 Å². The van der Waals surface area contributed by atoms with Crippen molar-refractivity contribution in [3.05, 3.63) is 39.2 Å². The fourth-order valence-corrected chi connectivity index (χ4v) is 2.72. The van der Waals surface area contributed by atoms with Gasteiger partial charge in [-0.1, -0.05) is 0 Å². The fourth-order valence-electron chi connectivity index (χ4n) is 2.22. The predicted molar refractivity (Wildman–Crippen MR) is 98.4 cm³/mol. The second kappa shape index (κ2) is 6.66. The molecular formula is C14H15IN8O2. The van der Waals surface area contributed by atoms with E-state index in [0.717, 1.165) is 5.69 Å². The molecule has 3 aromatic heterocycles. The zero-order chi connectivity index (χ0) is 18.1. The van der Waals surface area contributed by atoms with E-state index in [9.17, 15) is 9.59 Å². The van der Waals surface area contributed by atoms with Gasteiger partial charge in [-0.3, -0.25) is 24.1 Å². The zero-order valence-corrected chi connectivity index (χ0v) is 15.8. The van der Waals surface area contributed by atoms with Gasteiger partial charge in [-0.25, -0.2) is 0 Å². The lowest BCUT2D eigenvalue weighted by Gasteiger charge is -2.08. The highest BCUT2D eigenvalue weighted by Crippen LogP contribution is 2.20. The number of carbonyl (C=O) groups excluding carboxylic acids is 2. The van der Waals surface area contributed by atoms with Crippen molar-refractivity contribution < 1.29 is 9.59 Å². The molecule has 3 aromatic rings. The van der Waals surface area contributed by atoms with Crippen molar-refractivity contribution in [1.82, 2.24) is 29.8 Å². The smallest absolute Gasteiger partial charge is 0.276 e. The summed E-state index contributed by atoms with van der Waals surface area (Å²) in [7, 11) is 3.41. The average molecular weight is 454 g/mol. The van der Waals surface area contributed by atoms with Gasteiger partial charge in [-0.2, -0.15) is 15.3 Å². The molecule has 0 unspecified atom stereocenters. The van der Waals surface area contributed by atoms with Gasteiger partial charge in [0.05, 0.1) is 39.2 Å². The largest absolute Gasteiger partial charge is 0.318 e. The highest BCUT2D eigenvalue weighted by molar-refractivity contribution is 14.1. The van der Waals surface area contributed by atoms with Crippen molar-refractivity contribution in [2.45, 2.75) is 6.92 Å². The first-order valence-corrected chi connectivity index (χ1v) is 8.28. The van der Waals surface area contributed by atoms with E-state index in [0.29, 0.717) is 20.6 Å². The molecule has 0 fully saturated rings. The molecule has 0 aromatic carbocycles. The molecule has 0 radical (unpaired) electrons. The van der Waals surface area contributed by atoms with Gasteiger partial charge in [0.25, 0.3) is 11.8 Å². The van der Waals surface area contributed by atoms with Gasteiger partial charge in [0.15, 0.2) is 0 Å². The number of aromatic nitrogens is 6. The monoisotopic (exact) mass is 454 g/mol. The van der Waals surface area contributed by atoms with Crippen LogP contribution in [0.4, 0.5) is 11.4 Å². The van der Waals surface area contributed by atoms with Crippen LogP contribution in [0.3, 0.4) is 0 Å². The van der Waals surface area contributed by atoms with Gasteiger partial charge in [-0.15, -0.1) is 0 Å². The summed E-state index contributed by atoms with van der Waals surface area (Å²) >= 11 is 2.00. The first-order chi connectivity index (χ1) is 11.9. The van der Waals surface area contributed by atoms with Crippen LogP contribution < -0.4 is 10.6 Å². The Balaban J connectivity index is 1.84. The van der Waals surface area contributed by atoms with E-state index in [-0.39, 0.29) is 5.69 Å². The van der Waals surface area contributed by atoms with Crippen molar-refractivity contribution in [3.63, 3.8) is 0 Å². The van der Waals surface area contributed by atoms with E-state index in [1.54, 1.807) is 25.0 Å². The van der Waals surface area contributed by atoms with Crippen molar-refractivity contribution in [2.24, 2.45) is 14.1 Å². The summed E-state index contributed by atoms with van der Waals surface area (Å²) in [4.78, 5) is 25.0. The van der Waals surface area contributed by atoms with Crippen LogP contribution in [0.2, 0.25) is 0 Å². The van der Waals surface area contributed by atoms with Crippen LogP contribution >= 0.6 is 22.6 Å². The molecule has 3 N–H and O–H groups in total. The molecule has 0 saturated carbocycles. The number of H-pyrrole nitrogens is 1. The third-order valence-corrected chi connectivity index (χ3v) is 4.52. The van der Waals surface area contributed by atoms with Crippen molar-refractivity contribution >= 4 is 45.8 Å². The third-order valence-electron chi connectivity index (χ3n) is 3.71. The number of aryl methyl sites for hydroxylation is 2. The summed E-state index contributed by atoms with van der Waals surface area (Å²) < 4.78 is 3.73. The van der Waals surface area contributed by atoms with Gasteiger partial charge in [-0.05, 0) is 29.5 Å². The molecule has 2 amide bonds. The normalized spacial score (nSPS) is 10.7. The van der Waals surface area contributed by atoms with Gasteiger partial charge in [0, 0.05) is 14.1 Å². The molecule has 3 rings (SSSR count). The summed E-state index contributed by atoms with van der Waals surface area (Å²) in [5.41, 5.74) is 2.25. The first-order valence-electron chi connectivity index (χ1n) is 7.20. The van der Waals surface area contributed by atoms with Crippen LogP contribution in [-0.4, -0.2) is 41.6 Å². The molecule has 3 heterocycles. The first kappa shape index (κ1) is 17.1. The molecule has 11 heteroatoms. The number of amides is 2. The lowest BCUT2D eigenvalue weighted by Crippen LogP contribution is -2.21. The molecule has 10 nitrogen and oxygen atoms in total. The van der Waals surface area contributed by atoms with E-state index in [2.05, 4.69) is 31.0 Å². The topological polar surface area (TPSA) is 123 Å². The Kier molecular flexibility index (Phi) is 4.57. The van der Waals surface area contributed by atoms with Crippen LogP contribution in [0.5, 0.6) is 0 Å². The quantitative estimate of drug-likeness (QED) is 0.513. The van der Waals surface area contributed by atoms with Gasteiger partial charge in [0.2, 0.25) is 0 Å². The second-order valence-electron chi connectivity index (χ2n) is 5.30. The summed E-state index contributed by atoms with van der Waals surface area (Å²) in [5.74, 6) is -0.799. The van der Waals surface area contributed by atoms with Crippen LogP contribution in [0.25, 0.3) is 0 Å². The number of nitrogens with one attached hydrogen (secondary N) is 3. The Bertz CT molecular complexity index is 954. The van der Waals surface area contributed by atoms with E-state index in [4.69, 9.17) is 0 Å². The Morgan fingerprint density at radius 1 is 1.04 bits per heavy atom. The molecule has 0 aliphatic carbocycles. The lowest BCUT2D eigenvalue weighted by atomic mass is 10.3. The Morgan fingerprint density at radius 2 is 1.68 bits per heavy atom. The Hall–Kier alpha value is -2.70. The van der Waals surface area contributed by atoms with Crippen molar-refractivity contribution in [3.8, 4) is 0 Å². The number of rotatable bonds is 4. The zero-order valence-electron chi connectivity index (χ0n) is 13.7. The van der Waals surface area contributed by atoms with Crippen LogP contribution in [0.1, 0.15) is 26.7 Å². The minimum atomic E-state index is -0.401. The number of hydrogen-bond acceptors (Lipinski definition) is 5. The van der Waals surface area contributed by atoms with E-state index >= 15 is 0 Å². The molecule has 0 spiro atoms. The summed E-state index contributed by atoms with van der Waals surface area (Å²) in [6.07, 6.45) is 4.53. The molecule has 0 aliphatic rings. The van der Waals surface area contributed by atoms with Crippen LogP contribution in [-0.2, 0) is 14.1 Å². The number of nitrogens with zero attached hydrogens (tertiary/aromatic N) is 5. The highest BCUT2D eigenvalue weighted by Gasteiger charge is 2.21.